The van der Waals surface area contributed by atoms with Gasteiger partial charge in [-0.2, -0.15) is 15.1 Å². The smallest absolute Gasteiger partial charge is 0.229 e. The van der Waals surface area contributed by atoms with Crippen LogP contribution in [0.4, 0.5) is 5.95 Å². The average molecular weight is 297 g/mol. The van der Waals surface area contributed by atoms with E-state index < -0.39 is 31.1 Å². The van der Waals surface area contributed by atoms with Crippen molar-refractivity contribution < 1.29 is 24.8 Å². The summed E-state index contributed by atoms with van der Waals surface area (Å²) in [5.41, 5.74) is 5.91. The minimum absolute atomic E-state index is 0.0205. The number of aliphatic hydroxyl groups is 3. The second-order valence-electron chi connectivity index (χ2n) is 4.65. The van der Waals surface area contributed by atoms with E-state index in [9.17, 15) is 10.2 Å². The highest BCUT2D eigenvalue weighted by atomic mass is 16.6. The highest BCUT2D eigenvalue weighted by Crippen LogP contribution is 2.32. The van der Waals surface area contributed by atoms with E-state index in [1.807, 2.05) is 0 Å². The molecule has 0 amide bonds. The lowest BCUT2D eigenvalue weighted by Crippen LogP contribution is -2.33. The lowest BCUT2D eigenvalue weighted by molar-refractivity contribution is -0.0566. The van der Waals surface area contributed by atoms with Gasteiger partial charge in [0.15, 0.2) is 11.9 Å². The molecule has 4 atom stereocenters. The van der Waals surface area contributed by atoms with E-state index in [1.54, 1.807) is 0 Å². The molecule has 3 rings (SSSR count). The summed E-state index contributed by atoms with van der Waals surface area (Å²) < 4.78 is 11.8. The molecule has 0 radical (unpaired) electrons. The molecule has 1 fully saturated rings. The van der Waals surface area contributed by atoms with Crippen LogP contribution in [0.25, 0.3) is 11.0 Å². The van der Waals surface area contributed by atoms with E-state index in [4.69, 9.17) is 20.3 Å². The van der Waals surface area contributed by atoms with Gasteiger partial charge in [-0.05, 0) is 0 Å². The predicted octanol–water partition coefficient (Wildman–Crippen LogP) is -1.97. The Morgan fingerprint density at radius 3 is 2.76 bits per heavy atom. The fourth-order valence-electron chi connectivity index (χ4n) is 2.34. The van der Waals surface area contributed by atoms with Crippen molar-refractivity contribution in [2.75, 3.05) is 19.5 Å². The quantitative estimate of drug-likeness (QED) is 0.506. The van der Waals surface area contributed by atoms with Gasteiger partial charge in [-0.15, -0.1) is 0 Å². The zero-order chi connectivity index (χ0) is 15.1. The van der Waals surface area contributed by atoms with Crippen LogP contribution in [-0.2, 0) is 4.74 Å². The van der Waals surface area contributed by atoms with Crippen LogP contribution in [0.15, 0.2) is 6.20 Å². The van der Waals surface area contributed by atoms with E-state index in [0.29, 0.717) is 11.0 Å². The molecule has 114 valence electrons. The van der Waals surface area contributed by atoms with Crippen molar-refractivity contribution in [3.05, 3.63) is 6.20 Å². The van der Waals surface area contributed by atoms with Crippen molar-refractivity contribution in [2.24, 2.45) is 0 Å². The van der Waals surface area contributed by atoms with E-state index in [1.165, 1.54) is 18.0 Å². The van der Waals surface area contributed by atoms with Crippen molar-refractivity contribution in [3.8, 4) is 5.88 Å². The van der Waals surface area contributed by atoms with Crippen molar-refractivity contribution in [3.63, 3.8) is 0 Å². The molecule has 0 unspecified atom stereocenters. The van der Waals surface area contributed by atoms with Gasteiger partial charge in [-0.3, -0.25) is 0 Å². The molecule has 3 heterocycles. The highest BCUT2D eigenvalue weighted by molar-refractivity contribution is 5.81. The summed E-state index contributed by atoms with van der Waals surface area (Å²) in [6.45, 7) is -0.422. The highest BCUT2D eigenvalue weighted by Gasteiger charge is 2.44. The molecule has 0 bridgehead atoms. The van der Waals surface area contributed by atoms with Crippen LogP contribution >= 0.6 is 0 Å². The van der Waals surface area contributed by atoms with Gasteiger partial charge < -0.3 is 30.5 Å². The lowest BCUT2D eigenvalue weighted by atomic mass is 10.1. The Hall–Kier alpha value is -2.01. The number of hydrogen-bond acceptors (Lipinski definition) is 9. The third-order valence-corrected chi connectivity index (χ3v) is 3.39. The Balaban J connectivity index is 2.07. The number of nitrogens with zero attached hydrogens (tertiary/aromatic N) is 4. The summed E-state index contributed by atoms with van der Waals surface area (Å²) in [4.78, 5) is 7.97. The van der Waals surface area contributed by atoms with Crippen molar-refractivity contribution in [1.82, 2.24) is 19.7 Å². The van der Waals surface area contributed by atoms with Gasteiger partial charge in [-0.25, -0.2) is 4.68 Å². The molecule has 1 aliphatic heterocycles. The zero-order valence-electron chi connectivity index (χ0n) is 11.1. The summed E-state index contributed by atoms with van der Waals surface area (Å²) in [5, 5.41) is 33.5. The van der Waals surface area contributed by atoms with Crippen LogP contribution < -0.4 is 10.5 Å². The van der Waals surface area contributed by atoms with Gasteiger partial charge in [0.25, 0.3) is 0 Å². The fourth-order valence-corrected chi connectivity index (χ4v) is 2.34. The van der Waals surface area contributed by atoms with Gasteiger partial charge in [-0.1, -0.05) is 0 Å². The summed E-state index contributed by atoms with van der Waals surface area (Å²) >= 11 is 0. The first-order valence-corrected chi connectivity index (χ1v) is 6.24. The van der Waals surface area contributed by atoms with E-state index in [-0.39, 0.29) is 11.8 Å². The topological polar surface area (TPSA) is 149 Å². The first-order valence-electron chi connectivity index (χ1n) is 6.24. The number of rotatable bonds is 3. The number of fused-ring (bicyclic) bond motifs is 1. The molecule has 21 heavy (non-hydrogen) atoms. The molecule has 10 nitrogen and oxygen atoms in total. The third kappa shape index (κ3) is 2.08. The van der Waals surface area contributed by atoms with Crippen molar-refractivity contribution in [2.45, 2.75) is 24.5 Å². The van der Waals surface area contributed by atoms with E-state index >= 15 is 0 Å². The average Bonchev–Trinajstić information content (AvgIpc) is 3.01. The number of aromatic nitrogens is 4. The number of anilines is 1. The largest absolute Gasteiger partial charge is 0.480 e. The van der Waals surface area contributed by atoms with Gasteiger partial charge in [0.1, 0.15) is 23.7 Å². The molecular formula is C11H15N5O5. The molecule has 0 aromatic carbocycles. The number of hydrogen-bond donors (Lipinski definition) is 4. The summed E-state index contributed by atoms with van der Waals surface area (Å²) in [6, 6.07) is 0. The summed E-state index contributed by atoms with van der Waals surface area (Å²) in [7, 11) is 1.44. The number of methoxy groups -OCH3 is 1. The molecule has 1 saturated heterocycles. The van der Waals surface area contributed by atoms with Crippen LogP contribution in [0.5, 0.6) is 5.88 Å². The molecular weight excluding hydrogens is 282 g/mol. The van der Waals surface area contributed by atoms with E-state index in [0.717, 1.165) is 0 Å². The number of ether oxygens (including phenoxy) is 2. The van der Waals surface area contributed by atoms with Crippen molar-refractivity contribution in [1.29, 1.82) is 0 Å². The van der Waals surface area contributed by atoms with Crippen LogP contribution in [0.1, 0.15) is 6.23 Å². The lowest BCUT2D eigenvalue weighted by Gasteiger charge is -2.15. The molecule has 2 aromatic rings. The maximum atomic E-state index is 10.0. The second kappa shape index (κ2) is 5.07. The zero-order valence-corrected chi connectivity index (χ0v) is 11.1. The van der Waals surface area contributed by atoms with Crippen molar-refractivity contribution >= 4 is 17.0 Å². The monoisotopic (exact) mass is 297 g/mol. The van der Waals surface area contributed by atoms with Crippen LogP contribution in [0.3, 0.4) is 0 Å². The molecule has 0 saturated carbocycles. The number of nitrogens with two attached hydrogens (primary N) is 1. The van der Waals surface area contributed by atoms with Gasteiger partial charge in [0.05, 0.1) is 19.9 Å². The van der Waals surface area contributed by atoms with Crippen LogP contribution in [0, 0.1) is 0 Å². The van der Waals surface area contributed by atoms with E-state index in [2.05, 4.69) is 15.1 Å². The first-order chi connectivity index (χ1) is 10.1. The first kappa shape index (κ1) is 13.9. The molecule has 10 heteroatoms. The SMILES string of the molecule is COc1nc(N)nc2c1cnn2[C@@H]1O[C@H](CO)[C@@H](O)[C@H]1O. The van der Waals surface area contributed by atoms with Crippen LogP contribution in [-0.4, -0.2) is 67.1 Å². The minimum atomic E-state index is -1.26. The van der Waals surface area contributed by atoms with Gasteiger partial charge in [0, 0.05) is 0 Å². The molecule has 0 aliphatic carbocycles. The Bertz CT molecular complexity index is 662. The fraction of sp³-hybridized carbons (Fsp3) is 0.545. The Morgan fingerprint density at radius 1 is 1.38 bits per heavy atom. The summed E-state index contributed by atoms with van der Waals surface area (Å²) in [5.74, 6) is 0.225. The number of nitrogen functional groups attached to an aromatic ring is 1. The Labute approximate surface area is 118 Å². The third-order valence-electron chi connectivity index (χ3n) is 3.39. The Morgan fingerprint density at radius 2 is 2.14 bits per heavy atom. The van der Waals surface area contributed by atoms with Gasteiger partial charge >= 0.3 is 0 Å². The van der Waals surface area contributed by atoms with Gasteiger partial charge in [0.2, 0.25) is 11.8 Å². The number of aliphatic hydroxyl groups excluding tert-OH is 3. The minimum Gasteiger partial charge on any atom is -0.480 e. The normalized spacial score (nSPS) is 29.1. The van der Waals surface area contributed by atoms with Crippen LogP contribution in [0.2, 0.25) is 0 Å². The second-order valence-corrected chi connectivity index (χ2v) is 4.65. The Kier molecular flexibility index (Phi) is 3.37. The predicted molar refractivity (Wildman–Crippen MR) is 69.3 cm³/mol. The standard InChI is InChI=1S/C11H15N5O5/c1-20-9-4-2-13-16(8(4)14-11(12)15-9)10-7(19)6(18)5(3-17)21-10/h2,5-7,10,17-19H,3H2,1H3,(H2,12,14,15)/t5-,6-,7-,10-/m1/s1. The maximum Gasteiger partial charge on any atom is 0.229 e. The molecule has 1 aliphatic rings. The molecule has 2 aromatic heterocycles. The molecule has 5 N–H and O–H groups in total. The molecule has 0 spiro atoms. The summed E-state index contributed by atoms with van der Waals surface area (Å²) in [6.07, 6.45) is -2.92. The maximum absolute atomic E-state index is 10.0.